The third-order valence-electron chi connectivity index (χ3n) is 2.48. The summed E-state index contributed by atoms with van der Waals surface area (Å²) in [7, 11) is 0. The van der Waals surface area contributed by atoms with Gasteiger partial charge in [-0.05, 0) is 40.5 Å². The van der Waals surface area contributed by atoms with Gasteiger partial charge in [0, 0.05) is 5.33 Å². The van der Waals surface area contributed by atoms with Gasteiger partial charge in [0.1, 0.15) is 0 Å². The number of rotatable bonds is 8. The van der Waals surface area contributed by atoms with Gasteiger partial charge in [-0.1, -0.05) is 34.5 Å². The molecule has 0 bridgehead atoms. The molecule has 0 fully saturated rings. The third kappa shape index (κ3) is 7.68. The van der Waals surface area contributed by atoms with Crippen LogP contribution in [0.5, 0.6) is 0 Å². The molecule has 0 unspecified atom stereocenters. The van der Waals surface area contributed by atoms with Gasteiger partial charge in [0.15, 0.2) is 5.92 Å². The number of hydrogen-bond acceptors (Lipinski definition) is 4. The second-order valence-electron chi connectivity index (χ2n) is 5.07. The van der Waals surface area contributed by atoms with Gasteiger partial charge in [-0.15, -0.1) is 0 Å². The molecule has 0 heterocycles. The number of esters is 2. The van der Waals surface area contributed by atoms with E-state index in [1.807, 2.05) is 6.92 Å². The molecular weight excluding hydrogens is 324 g/mol. The van der Waals surface area contributed by atoms with Crippen LogP contribution in [-0.2, 0) is 19.1 Å². The van der Waals surface area contributed by atoms with Gasteiger partial charge in [0.25, 0.3) is 0 Å². The molecule has 0 rings (SSSR count). The van der Waals surface area contributed by atoms with Crippen molar-refractivity contribution in [1.82, 2.24) is 0 Å². The summed E-state index contributed by atoms with van der Waals surface area (Å²) < 4.78 is 10.3. The van der Waals surface area contributed by atoms with Crippen molar-refractivity contribution in [2.75, 3.05) is 5.33 Å². The SMILES string of the molecule is CCC(=CC(C(=O)OC(C)C)C(=O)OC(C)C)CCBr. The summed E-state index contributed by atoms with van der Waals surface area (Å²) in [5.74, 6) is -2.08. The van der Waals surface area contributed by atoms with Gasteiger partial charge in [0.2, 0.25) is 0 Å². The third-order valence-corrected chi connectivity index (χ3v) is 2.88. The molecule has 0 amide bonds. The standard InChI is InChI=1S/C15H25BrO4/c1-6-12(7-8-16)9-13(14(17)19-10(2)3)15(18)20-11(4)5/h9-11,13H,6-8H2,1-5H3. The number of carbonyl (C=O) groups excluding carboxylic acids is 2. The maximum absolute atomic E-state index is 12.1. The first-order chi connectivity index (χ1) is 9.31. The van der Waals surface area contributed by atoms with E-state index in [1.165, 1.54) is 0 Å². The van der Waals surface area contributed by atoms with Gasteiger partial charge in [0.05, 0.1) is 12.2 Å². The van der Waals surface area contributed by atoms with Crippen LogP contribution < -0.4 is 0 Å². The van der Waals surface area contributed by atoms with Crippen molar-refractivity contribution in [2.24, 2.45) is 5.92 Å². The Morgan fingerprint density at radius 1 is 1.05 bits per heavy atom. The maximum Gasteiger partial charge on any atom is 0.324 e. The molecule has 0 aromatic rings. The van der Waals surface area contributed by atoms with E-state index in [2.05, 4.69) is 15.9 Å². The van der Waals surface area contributed by atoms with E-state index in [0.29, 0.717) is 0 Å². The Labute approximate surface area is 130 Å². The lowest BCUT2D eigenvalue weighted by Crippen LogP contribution is -2.30. The first-order valence-corrected chi connectivity index (χ1v) is 8.10. The van der Waals surface area contributed by atoms with Gasteiger partial charge in [-0.2, -0.15) is 0 Å². The predicted octanol–water partition coefficient (Wildman–Crippen LogP) is 3.63. The maximum atomic E-state index is 12.1. The molecule has 5 heteroatoms. The smallest absolute Gasteiger partial charge is 0.324 e. The minimum atomic E-state index is -0.978. The van der Waals surface area contributed by atoms with Crippen molar-refractivity contribution in [1.29, 1.82) is 0 Å². The summed E-state index contributed by atoms with van der Waals surface area (Å²) in [6, 6.07) is 0. The largest absolute Gasteiger partial charge is 0.462 e. The van der Waals surface area contributed by atoms with Crippen molar-refractivity contribution in [2.45, 2.75) is 59.7 Å². The van der Waals surface area contributed by atoms with Crippen molar-refractivity contribution >= 4 is 27.9 Å². The second kappa shape index (κ2) is 9.97. The zero-order chi connectivity index (χ0) is 15.7. The molecule has 0 aliphatic carbocycles. The fraction of sp³-hybridized carbons (Fsp3) is 0.733. The minimum absolute atomic E-state index is 0.258. The summed E-state index contributed by atoms with van der Waals surface area (Å²) >= 11 is 3.36. The van der Waals surface area contributed by atoms with Gasteiger partial charge < -0.3 is 9.47 Å². The van der Waals surface area contributed by atoms with Crippen LogP contribution in [0.3, 0.4) is 0 Å². The zero-order valence-corrected chi connectivity index (χ0v) is 14.5. The van der Waals surface area contributed by atoms with Crippen LogP contribution in [0.2, 0.25) is 0 Å². The molecule has 0 aliphatic heterocycles. The first kappa shape index (κ1) is 19.2. The van der Waals surface area contributed by atoms with E-state index in [-0.39, 0.29) is 12.2 Å². The van der Waals surface area contributed by atoms with Crippen LogP contribution in [0.4, 0.5) is 0 Å². The number of carbonyl (C=O) groups is 2. The molecule has 0 aromatic heterocycles. The Balaban J connectivity index is 5.13. The number of alkyl halides is 1. The molecule has 116 valence electrons. The molecule has 0 saturated carbocycles. The van der Waals surface area contributed by atoms with Crippen LogP contribution in [-0.4, -0.2) is 29.5 Å². The molecule has 4 nitrogen and oxygen atoms in total. The van der Waals surface area contributed by atoms with Crippen molar-refractivity contribution in [3.63, 3.8) is 0 Å². The quantitative estimate of drug-likeness (QED) is 0.291. The molecule has 0 N–H and O–H groups in total. The molecule has 0 spiro atoms. The van der Waals surface area contributed by atoms with Gasteiger partial charge >= 0.3 is 11.9 Å². The molecular formula is C15H25BrO4. The van der Waals surface area contributed by atoms with E-state index in [9.17, 15) is 9.59 Å². The first-order valence-electron chi connectivity index (χ1n) is 6.98. The monoisotopic (exact) mass is 348 g/mol. The topological polar surface area (TPSA) is 52.6 Å². The summed E-state index contributed by atoms with van der Waals surface area (Å²) in [6.45, 7) is 9.02. The van der Waals surface area contributed by atoms with Gasteiger partial charge in [-0.3, -0.25) is 9.59 Å². The highest BCUT2D eigenvalue weighted by Gasteiger charge is 2.29. The Bertz CT molecular complexity index is 326. The average Bonchev–Trinajstić information content (AvgIpc) is 2.32. The van der Waals surface area contributed by atoms with Crippen LogP contribution in [0, 0.1) is 5.92 Å². The lowest BCUT2D eigenvalue weighted by atomic mass is 10.0. The number of halogens is 1. The van der Waals surface area contributed by atoms with Crippen molar-refractivity contribution in [3.8, 4) is 0 Å². The normalized spacial score (nSPS) is 12.2. The molecule has 0 radical (unpaired) electrons. The zero-order valence-electron chi connectivity index (χ0n) is 12.9. The highest BCUT2D eigenvalue weighted by atomic mass is 79.9. The highest BCUT2D eigenvalue weighted by molar-refractivity contribution is 9.09. The van der Waals surface area contributed by atoms with E-state index in [1.54, 1.807) is 33.8 Å². The summed E-state index contributed by atoms with van der Waals surface area (Å²) in [5, 5.41) is 0.790. The van der Waals surface area contributed by atoms with Crippen LogP contribution in [0.1, 0.15) is 47.5 Å². The Morgan fingerprint density at radius 3 is 1.80 bits per heavy atom. The highest BCUT2D eigenvalue weighted by Crippen LogP contribution is 2.16. The van der Waals surface area contributed by atoms with Gasteiger partial charge in [-0.25, -0.2) is 0 Å². The summed E-state index contributed by atoms with van der Waals surface area (Å²) in [5.41, 5.74) is 1.04. The molecule has 0 atom stereocenters. The number of allylic oxidation sites excluding steroid dienone is 1. The van der Waals surface area contributed by atoms with E-state index < -0.39 is 17.9 Å². The molecule has 0 aliphatic rings. The average molecular weight is 349 g/mol. The number of ether oxygens (including phenoxy) is 2. The van der Waals surface area contributed by atoms with Crippen LogP contribution >= 0.6 is 15.9 Å². The Kier molecular flexibility index (Phi) is 9.55. The summed E-state index contributed by atoms with van der Waals surface area (Å²) in [4.78, 5) is 24.1. The minimum Gasteiger partial charge on any atom is -0.462 e. The number of hydrogen-bond donors (Lipinski definition) is 0. The van der Waals surface area contributed by atoms with Crippen LogP contribution in [0.15, 0.2) is 11.6 Å². The predicted molar refractivity (Wildman–Crippen MR) is 82.7 cm³/mol. The van der Waals surface area contributed by atoms with E-state index >= 15 is 0 Å². The lowest BCUT2D eigenvalue weighted by Gasteiger charge is -2.17. The van der Waals surface area contributed by atoms with Crippen LogP contribution in [0.25, 0.3) is 0 Å². The molecule has 0 saturated heterocycles. The van der Waals surface area contributed by atoms with E-state index in [4.69, 9.17) is 9.47 Å². The van der Waals surface area contributed by atoms with Crippen molar-refractivity contribution < 1.29 is 19.1 Å². The Hall–Kier alpha value is -0.840. The van der Waals surface area contributed by atoms with E-state index in [0.717, 1.165) is 23.7 Å². The second-order valence-corrected chi connectivity index (χ2v) is 5.86. The Morgan fingerprint density at radius 2 is 1.50 bits per heavy atom. The summed E-state index contributed by atoms with van der Waals surface area (Å²) in [6.07, 6.45) is 2.73. The molecule has 20 heavy (non-hydrogen) atoms. The molecule has 0 aromatic carbocycles. The van der Waals surface area contributed by atoms with Crippen molar-refractivity contribution in [3.05, 3.63) is 11.6 Å². The lowest BCUT2D eigenvalue weighted by molar-refractivity contribution is -0.163. The fourth-order valence-corrected chi connectivity index (χ4v) is 2.09. The fourth-order valence-electron chi connectivity index (χ4n) is 1.58.